The Hall–Kier alpha value is -2.16. The molecule has 0 radical (unpaired) electrons. The molecule has 2 aromatic carbocycles. The largest absolute Gasteiger partial charge is 0.476 e. The number of hydrogen-bond donors (Lipinski definition) is 1. The number of carboxylic acid groups (broad SMARTS) is 1. The molecular formula is C14H11FO2. The highest BCUT2D eigenvalue weighted by atomic mass is 19.1. The van der Waals surface area contributed by atoms with Crippen LogP contribution in [0.2, 0.25) is 0 Å². The first-order valence-electron chi connectivity index (χ1n) is 5.19. The van der Waals surface area contributed by atoms with Gasteiger partial charge < -0.3 is 5.11 Å². The van der Waals surface area contributed by atoms with E-state index in [4.69, 9.17) is 5.11 Å². The van der Waals surface area contributed by atoms with Crippen molar-refractivity contribution < 1.29 is 14.3 Å². The van der Waals surface area contributed by atoms with Crippen LogP contribution in [0.25, 0.3) is 16.3 Å². The van der Waals surface area contributed by atoms with Crippen molar-refractivity contribution in [2.24, 2.45) is 0 Å². The van der Waals surface area contributed by atoms with Crippen LogP contribution >= 0.6 is 0 Å². The summed E-state index contributed by atoms with van der Waals surface area (Å²) in [4.78, 5) is 10.6. The Morgan fingerprint density at radius 2 is 1.76 bits per heavy atom. The van der Waals surface area contributed by atoms with E-state index < -0.39 is 11.8 Å². The number of hydrogen-bond acceptors (Lipinski definition) is 1. The number of carbonyl (C=O) groups is 1. The number of aliphatic carboxylic acids is 1. The van der Waals surface area contributed by atoms with Gasteiger partial charge in [0.05, 0.1) is 0 Å². The van der Waals surface area contributed by atoms with Gasteiger partial charge in [0.25, 0.3) is 0 Å². The normalized spacial score (nSPS) is 12.4. The molecule has 2 rings (SSSR count). The molecule has 0 spiro atoms. The van der Waals surface area contributed by atoms with Gasteiger partial charge in [-0.1, -0.05) is 42.5 Å². The Bertz CT molecular complexity index is 609. The summed E-state index contributed by atoms with van der Waals surface area (Å²) >= 11 is 0. The summed E-state index contributed by atoms with van der Waals surface area (Å²) in [5, 5.41) is 10.5. The minimum Gasteiger partial charge on any atom is -0.476 e. The molecule has 17 heavy (non-hydrogen) atoms. The molecule has 0 atom stereocenters. The fourth-order valence-corrected chi connectivity index (χ4v) is 1.83. The SMILES string of the molecule is CC(=C(F)C(=O)O)c1cccc2ccccc12. The van der Waals surface area contributed by atoms with Gasteiger partial charge in [0.15, 0.2) is 0 Å². The first-order valence-corrected chi connectivity index (χ1v) is 5.19. The van der Waals surface area contributed by atoms with Gasteiger partial charge >= 0.3 is 5.97 Å². The minimum absolute atomic E-state index is 0.148. The van der Waals surface area contributed by atoms with E-state index >= 15 is 0 Å². The van der Waals surface area contributed by atoms with E-state index in [2.05, 4.69) is 0 Å². The van der Waals surface area contributed by atoms with Crippen LogP contribution in [0.1, 0.15) is 12.5 Å². The summed E-state index contributed by atoms with van der Waals surface area (Å²) in [7, 11) is 0. The van der Waals surface area contributed by atoms with Gasteiger partial charge in [0, 0.05) is 5.57 Å². The highest BCUT2D eigenvalue weighted by Crippen LogP contribution is 2.27. The molecule has 0 bridgehead atoms. The van der Waals surface area contributed by atoms with Crippen LogP contribution in [0.5, 0.6) is 0 Å². The fourth-order valence-electron chi connectivity index (χ4n) is 1.83. The van der Waals surface area contributed by atoms with Crippen molar-refractivity contribution in [1.82, 2.24) is 0 Å². The predicted octanol–water partition coefficient (Wildman–Crippen LogP) is 3.62. The zero-order valence-corrected chi connectivity index (χ0v) is 9.27. The third-order valence-corrected chi connectivity index (χ3v) is 2.71. The van der Waals surface area contributed by atoms with E-state index in [1.54, 1.807) is 12.1 Å². The lowest BCUT2D eigenvalue weighted by Crippen LogP contribution is -1.98. The molecule has 3 heteroatoms. The molecule has 0 fully saturated rings. The smallest absolute Gasteiger partial charge is 0.365 e. The third-order valence-electron chi connectivity index (χ3n) is 2.71. The van der Waals surface area contributed by atoms with Crippen molar-refractivity contribution in [3.8, 4) is 0 Å². The molecule has 0 saturated heterocycles. The molecule has 0 aliphatic carbocycles. The molecular weight excluding hydrogens is 219 g/mol. The second kappa shape index (κ2) is 4.37. The summed E-state index contributed by atoms with van der Waals surface area (Å²) in [6.07, 6.45) is 0. The number of halogens is 1. The van der Waals surface area contributed by atoms with E-state index in [0.29, 0.717) is 5.56 Å². The van der Waals surface area contributed by atoms with Crippen molar-refractivity contribution in [3.63, 3.8) is 0 Å². The highest BCUT2D eigenvalue weighted by Gasteiger charge is 2.13. The Labute approximate surface area is 98.0 Å². The van der Waals surface area contributed by atoms with Crippen LogP contribution in [0.3, 0.4) is 0 Å². The van der Waals surface area contributed by atoms with E-state index in [-0.39, 0.29) is 5.57 Å². The molecule has 0 aliphatic heterocycles. The maximum atomic E-state index is 13.4. The first-order chi connectivity index (χ1) is 8.11. The summed E-state index contributed by atoms with van der Waals surface area (Å²) in [6, 6.07) is 12.9. The van der Waals surface area contributed by atoms with Crippen LogP contribution in [-0.2, 0) is 4.79 Å². The average molecular weight is 230 g/mol. The monoisotopic (exact) mass is 230 g/mol. The van der Waals surface area contributed by atoms with Gasteiger partial charge in [0.2, 0.25) is 5.83 Å². The molecule has 2 aromatic rings. The highest BCUT2D eigenvalue weighted by molar-refractivity contribution is 6.00. The lowest BCUT2D eigenvalue weighted by Gasteiger charge is -2.07. The van der Waals surface area contributed by atoms with Crippen molar-refractivity contribution in [3.05, 3.63) is 53.9 Å². The minimum atomic E-state index is -1.53. The maximum Gasteiger partial charge on any atom is 0.365 e. The van der Waals surface area contributed by atoms with Crippen molar-refractivity contribution in [2.45, 2.75) is 6.92 Å². The Morgan fingerprint density at radius 3 is 2.47 bits per heavy atom. The summed E-state index contributed by atoms with van der Waals surface area (Å²) in [5.74, 6) is -2.64. The van der Waals surface area contributed by atoms with Crippen molar-refractivity contribution in [1.29, 1.82) is 0 Å². The molecule has 0 saturated carbocycles. The molecule has 0 heterocycles. The molecule has 86 valence electrons. The third kappa shape index (κ3) is 2.04. The topological polar surface area (TPSA) is 37.3 Å². The van der Waals surface area contributed by atoms with Gasteiger partial charge in [-0.3, -0.25) is 0 Å². The second-order valence-corrected chi connectivity index (χ2v) is 3.77. The fraction of sp³-hybridized carbons (Fsp3) is 0.0714. The van der Waals surface area contributed by atoms with E-state index in [1.807, 2.05) is 30.3 Å². The van der Waals surface area contributed by atoms with Crippen LogP contribution < -0.4 is 0 Å². The van der Waals surface area contributed by atoms with Gasteiger partial charge in [0.1, 0.15) is 0 Å². The second-order valence-electron chi connectivity index (χ2n) is 3.77. The Kier molecular flexibility index (Phi) is 2.91. The molecule has 1 N–H and O–H groups in total. The molecule has 2 nitrogen and oxygen atoms in total. The average Bonchev–Trinajstić information content (AvgIpc) is 2.36. The lowest BCUT2D eigenvalue weighted by molar-refractivity contribution is -0.134. The van der Waals surface area contributed by atoms with Crippen molar-refractivity contribution in [2.75, 3.05) is 0 Å². The molecule has 0 aromatic heterocycles. The van der Waals surface area contributed by atoms with Gasteiger partial charge in [-0.25, -0.2) is 4.79 Å². The molecule has 0 amide bonds. The molecule has 0 aliphatic rings. The Balaban J connectivity index is 2.72. The Morgan fingerprint density at radius 1 is 1.12 bits per heavy atom. The van der Waals surface area contributed by atoms with Gasteiger partial charge in [-0.15, -0.1) is 0 Å². The summed E-state index contributed by atoms with van der Waals surface area (Å²) in [6.45, 7) is 1.48. The zero-order chi connectivity index (χ0) is 12.4. The number of allylic oxidation sites excluding steroid dienone is 1. The van der Waals surface area contributed by atoms with E-state index in [9.17, 15) is 9.18 Å². The maximum absolute atomic E-state index is 13.4. The predicted molar refractivity (Wildman–Crippen MR) is 65.3 cm³/mol. The number of carboxylic acids is 1. The van der Waals surface area contributed by atoms with Crippen LogP contribution in [0.4, 0.5) is 4.39 Å². The van der Waals surface area contributed by atoms with Gasteiger partial charge in [-0.2, -0.15) is 4.39 Å². The number of fused-ring (bicyclic) bond motifs is 1. The van der Waals surface area contributed by atoms with E-state index in [0.717, 1.165) is 10.8 Å². The number of benzene rings is 2. The lowest BCUT2D eigenvalue weighted by atomic mass is 9.99. The first kappa shape index (κ1) is 11.3. The van der Waals surface area contributed by atoms with Crippen molar-refractivity contribution >= 4 is 22.3 Å². The van der Waals surface area contributed by atoms with E-state index in [1.165, 1.54) is 6.92 Å². The quantitative estimate of drug-likeness (QED) is 0.800. The standard InChI is InChI=1S/C14H11FO2/c1-9(13(15)14(16)17)11-8-4-6-10-5-2-3-7-12(10)11/h2-8H,1H3,(H,16,17). The number of rotatable bonds is 2. The summed E-state index contributed by atoms with van der Waals surface area (Å²) in [5.41, 5.74) is 0.761. The summed E-state index contributed by atoms with van der Waals surface area (Å²) < 4.78 is 13.4. The van der Waals surface area contributed by atoms with Crippen LogP contribution in [0.15, 0.2) is 48.3 Å². The van der Waals surface area contributed by atoms with Crippen LogP contribution in [0, 0.1) is 0 Å². The van der Waals surface area contributed by atoms with Gasteiger partial charge in [-0.05, 0) is 23.3 Å². The van der Waals surface area contributed by atoms with Crippen LogP contribution in [-0.4, -0.2) is 11.1 Å². The zero-order valence-electron chi connectivity index (χ0n) is 9.27. The molecule has 0 unspecified atom stereocenters.